The number of hydrogen-bond donors (Lipinski definition) is 2. The van der Waals surface area contributed by atoms with E-state index in [1.165, 1.54) is 12.3 Å². The van der Waals surface area contributed by atoms with Crippen molar-refractivity contribution in [2.75, 3.05) is 18.0 Å². The summed E-state index contributed by atoms with van der Waals surface area (Å²) in [7, 11) is 0. The van der Waals surface area contributed by atoms with Crippen LogP contribution in [0, 0.1) is 0 Å². The summed E-state index contributed by atoms with van der Waals surface area (Å²) in [4.78, 5) is 29.0. The van der Waals surface area contributed by atoms with Gasteiger partial charge in [0, 0.05) is 18.8 Å². The minimum absolute atomic E-state index is 0. The monoisotopic (exact) mass is 405 g/mol. The maximum Gasteiger partial charge on any atom is 0.416 e. The van der Waals surface area contributed by atoms with Gasteiger partial charge < -0.3 is 15.2 Å². The van der Waals surface area contributed by atoms with Gasteiger partial charge in [-0.1, -0.05) is 0 Å². The molecule has 2 heterocycles. The van der Waals surface area contributed by atoms with Crippen LogP contribution in [0.25, 0.3) is 6.08 Å². The molecule has 1 aliphatic heterocycles. The highest BCUT2D eigenvalue weighted by Crippen LogP contribution is 2.22. The number of aromatic nitrogens is 1. The van der Waals surface area contributed by atoms with Crippen molar-refractivity contribution in [2.24, 2.45) is 0 Å². The third-order valence-electron chi connectivity index (χ3n) is 3.43. The normalized spacial score (nSPS) is 16.5. The van der Waals surface area contributed by atoms with Gasteiger partial charge in [-0.3, -0.25) is 4.90 Å². The number of carbonyl (C=O) groups is 2. The molecule has 1 fully saturated rings. The van der Waals surface area contributed by atoms with Gasteiger partial charge in [-0.2, -0.15) is 0 Å². The second-order valence-corrected chi connectivity index (χ2v) is 6.62. The Hall–Kier alpha value is -1.83. The smallest absolute Gasteiger partial charge is 0.416 e. The fraction of sp³-hybridized carbons (Fsp3) is 0.471. The molecule has 7 nitrogen and oxygen atoms in total. The molecule has 0 aliphatic carbocycles. The van der Waals surface area contributed by atoms with Gasteiger partial charge in [-0.15, -0.1) is 24.8 Å². The lowest BCUT2D eigenvalue weighted by atomic mass is 10.2. The van der Waals surface area contributed by atoms with Crippen molar-refractivity contribution in [3.05, 3.63) is 30.0 Å². The second-order valence-electron chi connectivity index (χ2n) is 6.62. The van der Waals surface area contributed by atoms with Crippen molar-refractivity contribution < 1.29 is 19.4 Å². The molecular formula is C17H25Cl2N3O4. The Morgan fingerprint density at radius 3 is 2.50 bits per heavy atom. The van der Waals surface area contributed by atoms with Gasteiger partial charge in [0.25, 0.3) is 0 Å². The van der Waals surface area contributed by atoms with Gasteiger partial charge in [0.15, 0.2) is 0 Å². The maximum absolute atomic E-state index is 12.6. The van der Waals surface area contributed by atoms with E-state index in [1.54, 1.807) is 17.0 Å². The van der Waals surface area contributed by atoms with E-state index >= 15 is 0 Å². The standard InChI is InChI=1S/C17H23N3O4.2ClH/c1-17(2,3)24-16(23)20(13-8-9-18-11-13)14-6-4-12(10-19-14)5-7-15(21)22;;/h4-7,10,13,18H,8-9,11H2,1-3H3,(H,21,22);2*1H/t13-;;/m1../s1. The van der Waals surface area contributed by atoms with Gasteiger partial charge in [-0.05, 0) is 57.5 Å². The molecule has 1 amide bonds. The Kier molecular flexibility index (Phi) is 9.62. The molecule has 2 rings (SSSR count). The highest BCUT2D eigenvalue weighted by Gasteiger charge is 2.32. The number of anilines is 1. The number of amides is 1. The Labute approximate surface area is 165 Å². The van der Waals surface area contributed by atoms with Crippen LogP contribution < -0.4 is 10.2 Å². The predicted octanol–water partition coefficient (Wildman–Crippen LogP) is 3.13. The first kappa shape index (κ1) is 24.2. The van der Waals surface area contributed by atoms with Crippen LogP contribution in [0.2, 0.25) is 0 Å². The summed E-state index contributed by atoms with van der Waals surface area (Å²) in [6.45, 7) is 6.99. The Morgan fingerprint density at radius 1 is 1.35 bits per heavy atom. The lowest BCUT2D eigenvalue weighted by Gasteiger charge is -2.30. The lowest BCUT2D eigenvalue weighted by Crippen LogP contribution is -2.45. The number of pyridine rings is 1. The number of hydrogen-bond acceptors (Lipinski definition) is 5. The summed E-state index contributed by atoms with van der Waals surface area (Å²) in [5.41, 5.74) is 0.0563. The van der Waals surface area contributed by atoms with Crippen LogP contribution >= 0.6 is 24.8 Å². The minimum Gasteiger partial charge on any atom is -0.478 e. The number of nitrogens with one attached hydrogen (secondary N) is 1. The molecule has 1 saturated heterocycles. The van der Waals surface area contributed by atoms with Crippen molar-refractivity contribution in [3.63, 3.8) is 0 Å². The number of carboxylic acid groups (broad SMARTS) is 1. The summed E-state index contributed by atoms with van der Waals surface area (Å²) >= 11 is 0. The third-order valence-corrected chi connectivity index (χ3v) is 3.43. The molecule has 9 heteroatoms. The van der Waals surface area contributed by atoms with E-state index < -0.39 is 17.7 Å². The minimum atomic E-state index is -1.02. The Bertz CT molecular complexity index is 624. The van der Waals surface area contributed by atoms with E-state index in [0.29, 0.717) is 17.9 Å². The van der Waals surface area contributed by atoms with E-state index in [-0.39, 0.29) is 30.9 Å². The van der Waals surface area contributed by atoms with Crippen molar-refractivity contribution in [2.45, 2.75) is 38.8 Å². The zero-order chi connectivity index (χ0) is 17.7. The van der Waals surface area contributed by atoms with Gasteiger partial charge in [0.05, 0.1) is 6.04 Å². The van der Waals surface area contributed by atoms with Crippen LogP contribution in [-0.2, 0) is 9.53 Å². The van der Waals surface area contributed by atoms with Crippen molar-refractivity contribution in [1.29, 1.82) is 0 Å². The Balaban J connectivity index is 0.00000312. The number of ether oxygens (including phenoxy) is 1. The van der Waals surface area contributed by atoms with Crippen LogP contribution in [0.15, 0.2) is 24.4 Å². The van der Waals surface area contributed by atoms with Crippen molar-refractivity contribution in [1.82, 2.24) is 10.3 Å². The van der Waals surface area contributed by atoms with Crippen LogP contribution in [0.3, 0.4) is 0 Å². The number of nitrogens with zero attached hydrogens (tertiary/aromatic N) is 2. The number of carbonyl (C=O) groups excluding carboxylic acids is 1. The fourth-order valence-corrected chi connectivity index (χ4v) is 2.41. The molecule has 1 aliphatic rings. The molecule has 1 aromatic heterocycles. The third kappa shape index (κ3) is 7.19. The number of aliphatic carboxylic acids is 1. The highest BCUT2D eigenvalue weighted by molar-refractivity contribution is 5.88. The largest absolute Gasteiger partial charge is 0.478 e. The van der Waals surface area contributed by atoms with Gasteiger partial charge in [-0.25, -0.2) is 14.6 Å². The summed E-state index contributed by atoms with van der Waals surface area (Å²) in [6.07, 6.45) is 4.42. The average molecular weight is 406 g/mol. The van der Waals surface area contributed by atoms with Gasteiger partial charge in [0.1, 0.15) is 11.4 Å². The summed E-state index contributed by atoms with van der Waals surface area (Å²) in [6, 6.07) is 3.40. The van der Waals surface area contributed by atoms with Crippen molar-refractivity contribution in [3.8, 4) is 0 Å². The predicted molar refractivity (Wildman–Crippen MR) is 105 cm³/mol. The van der Waals surface area contributed by atoms with Gasteiger partial charge in [0.2, 0.25) is 0 Å². The summed E-state index contributed by atoms with van der Waals surface area (Å²) in [5, 5.41) is 11.9. The molecule has 0 radical (unpaired) electrons. The average Bonchev–Trinajstić information content (AvgIpc) is 2.98. The Morgan fingerprint density at radius 2 is 2.04 bits per heavy atom. The highest BCUT2D eigenvalue weighted by atomic mass is 35.5. The molecule has 0 aromatic carbocycles. The second kappa shape index (κ2) is 10.4. The van der Waals surface area contributed by atoms with E-state index in [1.807, 2.05) is 20.8 Å². The summed E-state index contributed by atoms with van der Waals surface area (Å²) in [5.74, 6) is -0.531. The molecule has 0 saturated carbocycles. The number of carboxylic acids is 1. The van der Waals surface area contributed by atoms with Crippen LogP contribution in [0.4, 0.5) is 10.6 Å². The SMILES string of the molecule is CC(C)(C)OC(=O)N(c1ccc(C=CC(=O)O)cn1)[C@@H]1CCNC1.Cl.Cl. The number of rotatable bonds is 4. The van der Waals surface area contributed by atoms with Crippen LogP contribution in [0.5, 0.6) is 0 Å². The van der Waals surface area contributed by atoms with Crippen LogP contribution in [0.1, 0.15) is 32.8 Å². The molecular weight excluding hydrogens is 381 g/mol. The van der Waals surface area contributed by atoms with E-state index in [0.717, 1.165) is 19.0 Å². The van der Waals surface area contributed by atoms with Crippen molar-refractivity contribution >= 4 is 48.8 Å². The zero-order valence-electron chi connectivity index (χ0n) is 15.0. The number of halogens is 2. The van der Waals surface area contributed by atoms with E-state index in [2.05, 4.69) is 10.3 Å². The first-order chi connectivity index (χ1) is 11.3. The van der Waals surface area contributed by atoms with E-state index in [9.17, 15) is 9.59 Å². The molecule has 2 N–H and O–H groups in total. The van der Waals surface area contributed by atoms with Gasteiger partial charge >= 0.3 is 12.1 Å². The van der Waals surface area contributed by atoms with E-state index in [4.69, 9.17) is 9.84 Å². The zero-order valence-corrected chi connectivity index (χ0v) is 16.6. The molecule has 0 spiro atoms. The topological polar surface area (TPSA) is 91.8 Å². The first-order valence-corrected chi connectivity index (χ1v) is 7.86. The first-order valence-electron chi connectivity index (χ1n) is 7.86. The molecule has 0 unspecified atom stereocenters. The molecule has 146 valence electrons. The molecule has 26 heavy (non-hydrogen) atoms. The maximum atomic E-state index is 12.6. The van der Waals surface area contributed by atoms with Crippen LogP contribution in [-0.4, -0.2) is 46.9 Å². The summed E-state index contributed by atoms with van der Waals surface area (Å²) < 4.78 is 5.50. The molecule has 0 bridgehead atoms. The lowest BCUT2D eigenvalue weighted by molar-refractivity contribution is -0.131. The molecule has 1 aromatic rings. The quantitative estimate of drug-likeness (QED) is 0.747. The molecule has 1 atom stereocenters. The fourth-order valence-electron chi connectivity index (χ4n) is 2.41.